The fourth-order valence-electron chi connectivity index (χ4n) is 8.35. The molecule has 0 heterocycles. The highest BCUT2D eigenvalue weighted by molar-refractivity contribution is 6.14. The minimum atomic E-state index is 0.440. The molecule has 274 valence electrons. The van der Waals surface area contributed by atoms with Gasteiger partial charge < -0.3 is 9.80 Å². The summed E-state index contributed by atoms with van der Waals surface area (Å²) in [4.78, 5) is 4.63. The Morgan fingerprint density at radius 3 is 1.14 bits per heavy atom. The molecule has 0 amide bonds. The van der Waals surface area contributed by atoms with E-state index in [0.29, 0.717) is 12.1 Å². The summed E-state index contributed by atoms with van der Waals surface area (Å²) in [7, 11) is 0. The van der Waals surface area contributed by atoms with Crippen LogP contribution in [0, 0.1) is 0 Å². The molecule has 10 aromatic carbocycles. The van der Waals surface area contributed by atoms with Crippen LogP contribution in [0.4, 0.5) is 34.1 Å². The van der Waals surface area contributed by atoms with E-state index < -0.39 is 0 Å². The lowest BCUT2D eigenvalue weighted by atomic mass is 9.84. The van der Waals surface area contributed by atoms with Crippen LogP contribution in [0.15, 0.2) is 243 Å². The third kappa shape index (κ3) is 6.37. The summed E-state index contributed by atoms with van der Waals surface area (Å²) in [5.41, 5.74) is 12.2. The van der Waals surface area contributed by atoms with Crippen LogP contribution in [-0.4, -0.2) is 0 Å². The van der Waals surface area contributed by atoms with Gasteiger partial charge in [-0.3, -0.25) is 0 Å². The van der Waals surface area contributed by atoms with Crippen LogP contribution in [0.2, 0.25) is 0 Å². The Hall–Kier alpha value is -7.68. The monoisotopic (exact) mass is 742 g/mol. The first-order valence-electron chi connectivity index (χ1n) is 20.7. The van der Waals surface area contributed by atoms with E-state index in [1.54, 1.807) is 0 Å². The summed E-state index contributed by atoms with van der Waals surface area (Å²) in [6.07, 6.45) is 0. The molecule has 0 saturated carbocycles. The highest BCUT2D eigenvalue weighted by Crippen LogP contribution is 2.49. The Kier molecular flexibility index (Phi) is 8.67. The van der Waals surface area contributed by atoms with Crippen molar-refractivity contribution in [3.63, 3.8) is 0 Å². The van der Waals surface area contributed by atoms with Gasteiger partial charge in [-0.25, -0.2) is 0 Å². The van der Waals surface area contributed by atoms with Gasteiger partial charge in [-0.1, -0.05) is 182 Å². The molecular formula is C56H40N2. The first-order chi connectivity index (χ1) is 29.6. The lowest BCUT2D eigenvalue weighted by Crippen LogP contribution is -2.10. The average molecular weight is 743 g/mol. The molecule has 0 radical (unpaired) electrons. The zero-order valence-electron chi connectivity index (χ0n) is 33.8. The molecule has 0 spiro atoms. The molecule has 2 nitrogen and oxygen atoms in total. The van der Waals surface area contributed by atoms with Gasteiger partial charge in [-0.2, -0.15) is 0 Å². The summed E-state index contributed by atoms with van der Waals surface area (Å²) in [6.45, 7) is 0. The number of benzene rings is 10. The maximum absolute atomic E-state index is 9.77. The fourth-order valence-corrected chi connectivity index (χ4v) is 8.35. The first kappa shape index (κ1) is 32.6. The molecule has 58 heavy (non-hydrogen) atoms. The SMILES string of the molecule is [2H]c1ccc(-c2ccc([2H])c(-c3ccc(N(c4ccccc4)c4ccccc4)c4ccccc34)c2-c2ccc(N(c3ccccc3)c3ccccc3)c3ccccc23)cc1. The van der Waals surface area contributed by atoms with E-state index in [4.69, 9.17) is 1.37 Å². The van der Waals surface area contributed by atoms with Gasteiger partial charge in [-0.15, -0.1) is 0 Å². The molecule has 0 aromatic heterocycles. The zero-order chi connectivity index (χ0) is 40.4. The number of hydrogen-bond donors (Lipinski definition) is 0. The van der Waals surface area contributed by atoms with Crippen LogP contribution in [0.1, 0.15) is 2.74 Å². The Morgan fingerprint density at radius 2 is 0.672 bits per heavy atom. The third-order valence-electron chi connectivity index (χ3n) is 10.9. The summed E-state index contributed by atoms with van der Waals surface area (Å²) < 4.78 is 18.1. The number of fused-ring (bicyclic) bond motifs is 2. The van der Waals surface area contributed by atoms with Crippen LogP contribution >= 0.6 is 0 Å². The molecule has 0 N–H and O–H groups in total. The van der Waals surface area contributed by atoms with E-state index >= 15 is 0 Å². The van der Waals surface area contributed by atoms with Crippen molar-refractivity contribution in [1.29, 1.82) is 0 Å². The molecule has 0 aliphatic heterocycles. The molecule has 0 aliphatic rings. The maximum atomic E-state index is 9.77. The minimum Gasteiger partial charge on any atom is -0.310 e. The summed E-state index contributed by atoms with van der Waals surface area (Å²) in [5, 5.41) is 4.31. The molecule has 0 saturated heterocycles. The Labute approximate surface area is 343 Å². The van der Waals surface area contributed by atoms with E-state index in [-0.39, 0.29) is 0 Å². The molecule has 10 aromatic rings. The van der Waals surface area contributed by atoms with Gasteiger partial charge in [0, 0.05) is 33.5 Å². The predicted octanol–water partition coefficient (Wildman–Crippen LogP) is 15.9. The zero-order valence-corrected chi connectivity index (χ0v) is 31.8. The topological polar surface area (TPSA) is 6.48 Å². The third-order valence-corrected chi connectivity index (χ3v) is 10.9. The van der Waals surface area contributed by atoms with Crippen LogP contribution in [0.5, 0.6) is 0 Å². The molecule has 0 atom stereocenters. The lowest BCUT2D eigenvalue weighted by molar-refractivity contribution is 1.30. The molecule has 0 aliphatic carbocycles. The van der Waals surface area contributed by atoms with Crippen molar-refractivity contribution in [3.05, 3.63) is 243 Å². The van der Waals surface area contributed by atoms with Gasteiger partial charge in [-0.05, 0) is 105 Å². The second-order valence-electron chi connectivity index (χ2n) is 14.3. The molecule has 2 heteroatoms. The highest BCUT2D eigenvalue weighted by Gasteiger charge is 2.23. The Bertz CT molecular complexity index is 3020. The van der Waals surface area contributed by atoms with Gasteiger partial charge in [0.2, 0.25) is 0 Å². The second-order valence-corrected chi connectivity index (χ2v) is 14.3. The quantitative estimate of drug-likeness (QED) is 0.145. The molecule has 10 rings (SSSR count). The number of anilines is 6. The van der Waals surface area contributed by atoms with Crippen LogP contribution < -0.4 is 9.80 Å². The highest BCUT2D eigenvalue weighted by atomic mass is 15.1. The van der Waals surface area contributed by atoms with Crippen LogP contribution in [0.3, 0.4) is 0 Å². The molecule has 0 fully saturated rings. The van der Waals surface area contributed by atoms with Crippen molar-refractivity contribution in [2.45, 2.75) is 0 Å². The first-order valence-corrected chi connectivity index (χ1v) is 19.7. The van der Waals surface area contributed by atoms with Gasteiger partial charge in [0.1, 0.15) is 0 Å². The number of nitrogens with zero attached hydrogens (tertiary/aromatic N) is 2. The largest absolute Gasteiger partial charge is 0.310 e. The fraction of sp³-hybridized carbons (Fsp3) is 0. The van der Waals surface area contributed by atoms with Gasteiger partial charge in [0.15, 0.2) is 0 Å². The smallest absolute Gasteiger partial charge is 0.0629 e. The minimum absolute atomic E-state index is 0.440. The molecular weight excluding hydrogens is 701 g/mol. The van der Waals surface area contributed by atoms with Crippen LogP contribution in [-0.2, 0) is 0 Å². The van der Waals surface area contributed by atoms with E-state index in [9.17, 15) is 1.37 Å². The summed E-state index contributed by atoms with van der Waals surface area (Å²) in [6, 6.07) is 80.7. The lowest BCUT2D eigenvalue weighted by Gasteiger charge is -2.28. The number of para-hydroxylation sites is 4. The van der Waals surface area contributed by atoms with Crippen molar-refractivity contribution < 1.29 is 2.74 Å². The summed E-state index contributed by atoms with van der Waals surface area (Å²) >= 11 is 0. The predicted molar refractivity (Wildman–Crippen MR) is 247 cm³/mol. The van der Waals surface area contributed by atoms with E-state index in [1.165, 1.54) is 0 Å². The Morgan fingerprint density at radius 1 is 0.276 bits per heavy atom. The van der Waals surface area contributed by atoms with E-state index in [2.05, 4.69) is 198 Å². The molecule has 0 bridgehead atoms. The maximum Gasteiger partial charge on any atom is 0.0629 e. The van der Waals surface area contributed by atoms with Gasteiger partial charge in [0.05, 0.1) is 14.1 Å². The van der Waals surface area contributed by atoms with Crippen molar-refractivity contribution in [3.8, 4) is 33.4 Å². The van der Waals surface area contributed by atoms with Crippen molar-refractivity contribution in [2.75, 3.05) is 9.80 Å². The number of rotatable bonds is 9. The van der Waals surface area contributed by atoms with E-state index in [1.807, 2.05) is 42.5 Å². The summed E-state index contributed by atoms with van der Waals surface area (Å²) in [5.74, 6) is 0. The van der Waals surface area contributed by atoms with Gasteiger partial charge in [0.25, 0.3) is 0 Å². The van der Waals surface area contributed by atoms with E-state index in [0.717, 1.165) is 89.0 Å². The van der Waals surface area contributed by atoms with Gasteiger partial charge >= 0.3 is 0 Å². The average Bonchev–Trinajstić information content (AvgIpc) is 3.31. The van der Waals surface area contributed by atoms with Crippen LogP contribution in [0.25, 0.3) is 54.9 Å². The van der Waals surface area contributed by atoms with Crippen molar-refractivity contribution in [1.82, 2.24) is 0 Å². The van der Waals surface area contributed by atoms with Crippen molar-refractivity contribution in [2.24, 2.45) is 0 Å². The van der Waals surface area contributed by atoms with Crippen molar-refractivity contribution >= 4 is 55.7 Å². The number of hydrogen-bond acceptors (Lipinski definition) is 2. The Balaban J connectivity index is 1.25. The second kappa shape index (κ2) is 15.5. The normalized spacial score (nSPS) is 11.6. The standard InChI is InChI=1S/C56H40N2/c1-6-21-41(22-7-1)46-35-20-36-52(49-37-39-54(50-33-18-16-31-47(49)50)57(42-23-8-2-9-24-42)43-25-10-3-11-26-43)56(46)53-38-40-55(51-34-19-17-32-48(51)53)58(44-27-12-4-13-28-44)45-29-14-5-15-30-45/h1-40H/i1D,36D. The molecule has 0 unspecified atom stereocenters.